The van der Waals surface area contributed by atoms with E-state index in [0.29, 0.717) is 0 Å². The Labute approximate surface area is 74.2 Å². The van der Waals surface area contributed by atoms with E-state index >= 15 is 0 Å². The Morgan fingerprint density at radius 2 is 1.85 bits per heavy atom. The lowest BCUT2D eigenvalue weighted by Crippen LogP contribution is -3.09. The van der Waals surface area contributed by atoms with Gasteiger partial charge >= 0.3 is 15.9 Å². The Hall–Kier alpha value is -1.24. The van der Waals surface area contributed by atoms with Crippen LogP contribution in [0.15, 0.2) is 29.2 Å². The van der Waals surface area contributed by atoms with E-state index in [9.17, 15) is 18.4 Å². The van der Waals surface area contributed by atoms with Crippen LogP contribution >= 0.6 is 0 Å². The maximum Gasteiger partial charge on any atom is 0.361 e. The SMILES string of the molecule is O=C1c2ccccc2S(=O)(=O)[NH+]1[O-]. The van der Waals surface area contributed by atoms with Crippen molar-refractivity contribution in [3.05, 3.63) is 35.0 Å². The summed E-state index contributed by atoms with van der Waals surface area (Å²) >= 11 is 0. The normalized spacial score (nSPS) is 24.4. The zero-order valence-corrected chi connectivity index (χ0v) is 7.17. The minimum absolute atomic E-state index is 0.0208. The van der Waals surface area contributed by atoms with Crippen molar-refractivity contribution in [3.63, 3.8) is 0 Å². The average molecular weight is 199 g/mol. The summed E-state index contributed by atoms with van der Waals surface area (Å²) in [4.78, 5) is 10.9. The number of fused-ring (bicyclic) bond motifs is 1. The number of nitrogens with one attached hydrogen (secondary N) is 1. The van der Waals surface area contributed by atoms with E-state index in [2.05, 4.69) is 0 Å². The van der Waals surface area contributed by atoms with Gasteiger partial charge in [-0.2, -0.15) is 12.9 Å². The Bertz CT molecular complexity index is 479. The van der Waals surface area contributed by atoms with Crippen LogP contribution in [0.5, 0.6) is 0 Å². The van der Waals surface area contributed by atoms with Crippen LogP contribution in [0.3, 0.4) is 0 Å². The molecule has 6 heteroatoms. The van der Waals surface area contributed by atoms with Gasteiger partial charge in [-0.15, -0.1) is 0 Å². The topological polar surface area (TPSA) is 78.7 Å². The van der Waals surface area contributed by atoms with Crippen LogP contribution in [0.1, 0.15) is 10.4 Å². The highest BCUT2D eigenvalue weighted by molar-refractivity contribution is 7.86. The molecular formula is C7H5NO4S. The lowest BCUT2D eigenvalue weighted by Gasteiger charge is -2.09. The quantitative estimate of drug-likeness (QED) is 0.538. The van der Waals surface area contributed by atoms with Crippen molar-refractivity contribution in [2.45, 2.75) is 4.90 Å². The van der Waals surface area contributed by atoms with Gasteiger partial charge in [0.25, 0.3) is 0 Å². The number of rotatable bonds is 0. The Kier molecular flexibility index (Phi) is 1.53. The molecule has 13 heavy (non-hydrogen) atoms. The number of sulfonamides is 1. The van der Waals surface area contributed by atoms with Gasteiger partial charge in [-0.05, 0) is 12.1 Å². The summed E-state index contributed by atoms with van der Waals surface area (Å²) in [6, 6.07) is 5.58. The van der Waals surface area contributed by atoms with E-state index in [1.54, 1.807) is 0 Å². The zero-order valence-electron chi connectivity index (χ0n) is 6.35. The lowest BCUT2D eigenvalue weighted by molar-refractivity contribution is -0.603. The molecule has 0 aromatic heterocycles. The Morgan fingerprint density at radius 3 is 2.46 bits per heavy atom. The van der Waals surface area contributed by atoms with Crippen LogP contribution in [0, 0.1) is 5.21 Å². The summed E-state index contributed by atoms with van der Waals surface area (Å²) in [6.45, 7) is 0. The van der Waals surface area contributed by atoms with Gasteiger partial charge in [0.2, 0.25) is 0 Å². The third-order valence-corrected chi connectivity index (χ3v) is 3.46. The first-order valence-electron chi connectivity index (χ1n) is 3.48. The summed E-state index contributed by atoms with van der Waals surface area (Å²) in [6.07, 6.45) is 0. The molecule has 0 saturated carbocycles. The van der Waals surface area contributed by atoms with Crippen molar-refractivity contribution >= 4 is 15.9 Å². The molecule has 1 atom stereocenters. The number of carbonyl (C=O) groups excluding carboxylic acids is 1. The number of quaternary nitrogens is 1. The molecule has 0 radical (unpaired) electrons. The van der Waals surface area contributed by atoms with E-state index < -0.39 is 20.4 Å². The largest absolute Gasteiger partial charge is 0.610 e. The molecule has 0 fully saturated rings. The summed E-state index contributed by atoms with van der Waals surface area (Å²) in [5.41, 5.74) is -0.0208. The third kappa shape index (κ3) is 0.932. The number of carbonyl (C=O) groups is 1. The van der Waals surface area contributed by atoms with Crippen LogP contribution in [0.2, 0.25) is 0 Å². The molecule has 1 heterocycles. The predicted molar refractivity (Wildman–Crippen MR) is 42.3 cm³/mol. The van der Waals surface area contributed by atoms with Gasteiger partial charge in [0.15, 0.2) is 0 Å². The molecule has 5 nitrogen and oxygen atoms in total. The monoisotopic (exact) mass is 199 g/mol. The molecule has 0 bridgehead atoms. The van der Waals surface area contributed by atoms with Crippen LogP contribution in [0.4, 0.5) is 0 Å². The molecule has 1 aliphatic rings. The van der Waals surface area contributed by atoms with Gasteiger partial charge in [0, 0.05) is 0 Å². The van der Waals surface area contributed by atoms with Crippen LogP contribution in [-0.2, 0) is 10.0 Å². The average Bonchev–Trinajstić information content (AvgIpc) is 2.30. The highest BCUT2D eigenvalue weighted by Gasteiger charge is 2.41. The fourth-order valence-corrected chi connectivity index (χ4v) is 2.48. The summed E-state index contributed by atoms with van der Waals surface area (Å²) < 4.78 is 21.1. The number of hydrogen-bond acceptors (Lipinski definition) is 4. The maximum atomic E-state index is 11.2. The molecule has 1 amide bonds. The highest BCUT2D eigenvalue weighted by Crippen LogP contribution is 2.17. The second-order valence-corrected chi connectivity index (χ2v) is 4.43. The molecule has 1 unspecified atom stereocenters. The summed E-state index contributed by atoms with van der Waals surface area (Å²) in [5, 5.41) is 10.9. The van der Waals surface area contributed by atoms with Crippen molar-refractivity contribution < 1.29 is 17.7 Å². The zero-order chi connectivity index (χ0) is 9.64. The maximum absolute atomic E-state index is 11.2. The predicted octanol–water partition coefficient (Wildman–Crippen LogP) is -1.09. The van der Waals surface area contributed by atoms with Crippen LogP contribution < -0.4 is 4.47 Å². The van der Waals surface area contributed by atoms with Crippen molar-refractivity contribution in [2.24, 2.45) is 0 Å². The molecule has 1 aromatic rings. The van der Waals surface area contributed by atoms with Crippen LogP contribution in [-0.4, -0.2) is 14.3 Å². The molecule has 68 valence electrons. The minimum atomic E-state index is -4.02. The number of amides is 1. The Morgan fingerprint density at radius 1 is 1.23 bits per heavy atom. The Balaban J connectivity index is 2.83. The third-order valence-electron chi connectivity index (χ3n) is 1.85. The highest BCUT2D eigenvalue weighted by atomic mass is 32.2. The van der Waals surface area contributed by atoms with Gasteiger partial charge in [-0.3, -0.25) is 0 Å². The van der Waals surface area contributed by atoms with Gasteiger partial charge < -0.3 is 5.21 Å². The van der Waals surface area contributed by atoms with E-state index in [-0.39, 0.29) is 10.5 Å². The molecule has 1 aromatic carbocycles. The molecule has 1 aliphatic heterocycles. The molecular weight excluding hydrogens is 194 g/mol. The lowest BCUT2D eigenvalue weighted by atomic mass is 10.2. The number of benzene rings is 1. The molecule has 0 saturated heterocycles. The second kappa shape index (κ2) is 2.38. The molecule has 1 N–H and O–H groups in total. The summed E-state index contributed by atoms with van der Waals surface area (Å²) in [5.74, 6) is -0.935. The van der Waals surface area contributed by atoms with Crippen molar-refractivity contribution in [3.8, 4) is 0 Å². The van der Waals surface area contributed by atoms with E-state index in [4.69, 9.17) is 0 Å². The number of hydroxylamine groups is 1. The fourth-order valence-electron chi connectivity index (χ4n) is 1.22. The van der Waals surface area contributed by atoms with Gasteiger partial charge in [-0.1, -0.05) is 12.1 Å². The minimum Gasteiger partial charge on any atom is -0.610 e. The van der Waals surface area contributed by atoms with Gasteiger partial charge in [-0.25, -0.2) is 4.79 Å². The van der Waals surface area contributed by atoms with Crippen LogP contribution in [0.25, 0.3) is 0 Å². The van der Waals surface area contributed by atoms with Crippen molar-refractivity contribution in [1.29, 1.82) is 0 Å². The molecule has 0 aliphatic carbocycles. The van der Waals surface area contributed by atoms with Gasteiger partial charge in [0.05, 0.1) is 0 Å². The van der Waals surface area contributed by atoms with Crippen molar-refractivity contribution in [2.75, 3.05) is 0 Å². The molecule has 2 rings (SSSR count). The summed E-state index contributed by atoms with van der Waals surface area (Å²) in [7, 11) is -4.02. The number of hydrogen-bond donors (Lipinski definition) is 1. The smallest absolute Gasteiger partial charge is 0.361 e. The van der Waals surface area contributed by atoms with E-state index in [0.717, 1.165) is 0 Å². The van der Waals surface area contributed by atoms with Gasteiger partial charge in [0.1, 0.15) is 10.5 Å². The standard InChI is InChI=1S/C7H5NO4S/c9-7-5-3-1-2-4-6(5)13(11,12)8(7)10/h1-4,8H. The van der Waals surface area contributed by atoms with Crippen molar-refractivity contribution in [1.82, 2.24) is 0 Å². The molecule has 0 spiro atoms. The second-order valence-electron chi connectivity index (χ2n) is 2.62. The fraction of sp³-hybridized carbons (Fsp3) is 0. The first-order valence-corrected chi connectivity index (χ1v) is 4.96. The van der Waals surface area contributed by atoms with E-state index in [1.807, 2.05) is 0 Å². The van der Waals surface area contributed by atoms with E-state index in [1.165, 1.54) is 24.3 Å². The first-order chi connectivity index (χ1) is 6.05. The first kappa shape index (κ1) is 8.36.